The van der Waals surface area contributed by atoms with Gasteiger partial charge in [0.2, 0.25) is 10.0 Å². The van der Waals surface area contributed by atoms with Crippen molar-refractivity contribution in [3.8, 4) is 0 Å². The Balaban J connectivity index is 1.73. The molecule has 0 saturated carbocycles. The molecule has 172 valence electrons. The quantitative estimate of drug-likeness (QED) is 0.386. The number of para-hydroxylation sites is 1. The Morgan fingerprint density at radius 2 is 1.70 bits per heavy atom. The minimum absolute atomic E-state index is 0.122. The summed E-state index contributed by atoms with van der Waals surface area (Å²) in [5.41, 5.74) is 2.66. The van der Waals surface area contributed by atoms with Crippen LogP contribution < -0.4 is 9.62 Å². The van der Waals surface area contributed by atoms with E-state index in [0.29, 0.717) is 5.39 Å². The van der Waals surface area contributed by atoms with Crippen molar-refractivity contribution in [3.63, 3.8) is 0 Å². The number of esters is 1. The normalized spacial score (nSPS) is 12.7. The topological polar surface area (TPSA) is 91.5 Å². The number of hydrogen-bond acceptors (Lipinski definition) is 5. The van der Waals surface area contributed by atoms with Crippen LogP contribution in [0.5, 0.6) is 0 Å². The van der Waals surface area contributed by atoms with Gasteiger partial charge >= 0.3 is 5.97 Å². The molecule has 0 aliphatic rings. The van der Waals surface area contributed by atoms with Crippen LogP contribution in [-0.2, 0) is 26.0 Å². The first-order chi connectivity index (χ1) is 15.8. The second kappa shape index (κ2) is 9.25. The Hall–Kier alpha value is -3.36. The van der Waals surface area contributed by atoms with Crippen LogP contribution in [0.3, 0.4) is 0 Å². The van der Waals surface area contributed by atoms with E-state index >= 15 is 0 Å². The third kappa shape index (κ3) is 4.58. The Morgan fingerprint density at radius 3 is 2.45 bits per heavy atom. The van der Waals surface area contributed by atoms with E-state index in [-0.39, 0.29) is 17.9 Å². The van der Waals surface area contributed by atoms with Crippen LogP contribution in [0.15, 0.2) is 71.8 Å². The van der Waals surface area contributed by atoms with Crippen molar-refractivity contribution in [2.24, 2.45) is 0 Å². The molecule has 7 nitrogen and oxygen atoms in total. The predicted molar refractivity (Wildman–Crippen MR) is 131 cm³/mol. The fourth-order valence-electron chi connectivity index (χ4n) is 4.08. The maximum absolute atomic E-state index is 13.5. The van der Waals surface area contributed by atoms with E-state index in [0.717, 1.165) is 27.5 Å². The molecule has 1 aromatic heterocycles. The van der Waals surface area contributed by atoms with E-state index < -0.39 is 22.0 Å². The molecule has 0 saturated heterocycles. The second-order valence-corrected chi connectivity index (χ2v) is 9.69. The molecule has 3 aromatic carbocycles. The molecule has 33 heavy (non-hydrogen) atoms. The van der Waals surface area contributed by atoms with Crippen LogP contribution in [0.1, 0.15) is 12.5 Å². The molecule has 1 heterocycles. The van der Waals surface area contributed by atoms with Gasteiger partial charge in [-0.1, -0.05) is 42.5 Å². The number of carbonyl (C=O) groups excluding carboxylic acids is 1. The molecular formula is C25H27N3O4S. The minimum Gasteiger partial charge on any atom is -0.465 e. The lowest BCUT2D eigenvalue weighted by atomic mass is 10.1. The van der Waals surface area contributed by atoms with Crippen LogP contribution in [-0.4, -0.2) is 46.1 Å². The molecular weight excluding hydrogens is 438 g/mol. The number of hydrogen-bond donors (Lipinski definition) is 2. The Bertz CT molecular complexity index is 1410. The molecule has 0 fully saturated rings. The number of nitrogens with zero attached hydrogens (tertiary/aromatic N) is 1. The number of fused-ring (bicyclic) bond motifs is 2. The van der Waals surface area contributed by atoms with E-state index in [4.69, 9.17) is 4.74 Å². The SMILES string of the molecule is CCOC(=O)C(Cc1c[nH]c2ccccc12)NS(=O)(=O)c1cccc2c(N(C)C)cccc12. The van der Waals surface area contributed by atoms with Crippen molar-refractivity contribution >= 4 is 43.4 Å². The zero-order valence-corrected chi connectivity index (χ0v) is 19.6. The first-order valence-corrected chi connectivity index (χ1v) is 12.2. The molecule has 2 N–H and O–H groups in total. The number of rotatable bonds is 8. The first-order valence-electron chi connectivity index (χ1n) is 10.7. The first kappa shape index (κ1) is 22.8. The smallest absolute Gasteiger partial charge is 0.324 e. The van der Waals surface area contributed by atoms with Gasteiger partial charge in [0.25, 0.3) is 0 Å². The highest BCUT2D eigenvalue weighted by molar-refractivity contribution is 7.89. The summed E-state index contributed by atoms with van der Waals surface area (Å²) in [7, 11) is -0.210. The average molecular weight is 466 g/mol. The minimum atomic E-state index is -4.03. The van der Waals surface area contributed by atoms with Crippen molar-refractivity contribution in [2.75, 3.05) is 25.6 Å². The highest BCUT2D eigenvalue weighted by Gasteiger charge is 2.29. The van der Waals surface area contributed by atoms with Gasteiger partial charge in [-0.05, 0) is 30.7 Å². The lowest BCUT2D eigenvalue weighted by Gasteiger charge is -2.19. The van der Waals surface area contributed by atoms with Gasteiger partial charge in [0.1, 0.15) is 6.04 Å². The highest BCUT2D eigenvalue weighted by atomic mass is 32.2. The number of H-pyrrole nitrogens is 1. The van der Waals surface area contributed by atoms with Crippen LogP contribution in [0.25, 0.3) is 21.7 Å². The van der Waals surface area contributed by atoms with Crippen molar-refractivity contribution < 1.29 is 17.9 Å². The summed E-state index contributed by atoms with van der Waals surface area (Å²) in [5.74, 6) is -0.611. The highest BCUT2D eigenvalue weighted by Crippen LogP contribution is 2.30. The van der Waals surface area contributed by atoms with Gasteiger partial charge in [0.15, 0.2) is 0 Å². The molecule has 1 unspecified atom stereocenters. The average Bonchev–Trinajstić information content (AvgIpc) is 3.20. The van der Waals surface area contributed by atoms with E-state index in [1.165, 1.54) is 0 Å². The number of sulfonamides is 1. The van der Waals surface area contributed by atoms with E-state index in [1.54, 1.807) is 31.3 Å². The second-order valence-electron chi connectivity index (χ2n) is 8.01. The number of anilines is 1. The lowest BCUT2D eigenvalue weighted by molar-refractivity contribution is -0.145. The van der Waals surface area contributed by atoms with E-state index in [9.17, 15) is 13.2 Å². The summed E-state index contributed by atoms with van der Waals surface area (Å²) in [6, 6.07) is 17.3. The Morgan fingerprint density at radius 1 is 1.00 bits per heavy atom. The molecule has 1 atom stereocenters. The third-order valence-electron chi connectivity index (χ3n) is 5.60. The zero-order valence-electron chi connectivity index (χ0n) is 18.8. The zero-order chi connectivity index (χ0) is 23.6. The maximum atomic E-state index is 13.5. The molecule has 0 spiro atoms. The lowest BCUT2D eigenvalue weighted by Crippen LogP contribution is -2.43. The summed E-state index contributed by atoms with van der Waals surface area (Å²) < 4.78 is 34.8. The fourth-order valence-corrected chi connectivity index (χ4v) is 5.48. The maximum Gasteiger partial charge on any atom is 0.324 e. The Kier molecular flexibility index (Phi) is 6.40. The van der Waals surface area contributed by atoms with Crippen LogP contribution in [0, 0.1) is 0 Å². The molecule has 0 radical (unpaired) electrons. The summed E-state index contributed by atoms with van der Waals surface area (Å²) in [6.07, 6.45) is 1.96. The van der Waals surface area contributed by atoms with Crippen molar-refractivity contribution in [3.05, 3.63) is 72.4 Å². The van der Waals surface area contributed by atoms with Crippen LogP contribution >= 0.6 is 0 Å². The van der Waals surface area contributed by atoms with Gasteiger partial charge in [-0.15, -0.1) is 0 Å². The summed E-state index contributed by atoms with van der Waals surface area (Å²) in [4.78, 5) is 18.0. The van der Waals surface area contributed by atoms with Crippen LogP contribution in [0.4, 0.5) is 5.69 Å². The Labute approximate surface area is 193 Å². The van der Waals surface area contributed by atoms with Gasteiger partial charge < -0.3 is 14.6 Å². The molecule has 0 aliphatic carbocycles. The van der Waals surface area contributed by atoms with Crippen molar-refractivity contribution in [1.29, 1.82) is 0 Å². The van der Waals surface area contributed by atoms with Gasteiger partial charge in [-0.3, -0.25) is 4.79 Å². The number of ether oxygens (including phenoxy) is 1. The molecule has 4 aromatic rings. The molecule has 0 amide bonds. The number of benzene rings is 3. The van der Waals surface area contributed by atoms with E-state index in [1.807, 2.05) is 61.5 Å². The van der Waals surface area contributed by atoms with Gasteiger partial charge in [0.05, 0.1) is 11.5 Å². The molecule has 8 heteroatoms. The van der Waals surface area contributed by atoms with Crippen molar-refractivity contribution in [2.45, 2.75) is 24.3 Å². The van der Waals surface area contributed by atoms with Crippen LogP contribution in [0.2, 0.25) is 0 Å². The number of aromatic amines is 1. The standard InChI is InChI=1S/C25H27N3O4S/c1-4-32-25(29)22(15-17-16-26-21-12-6-5-9-18(17)21)27-33(30,31)24-14-8-10-19-20(24)11-7-13-23(19)28(2)3/h5-14,16,22,26-27H,4,15H2,1-3H3. The predicted octanol–water partition coefficient (Wildman–Crippen LogP) is 3.84. The molecule has 0 aliphatic heterocycles. The largest absolute Gasteiger partial charge is 0.465 e. The number of aromatic nitrogens is 1. The molecule has 0 bridgehead atoms. The summed E-state index contributed by atoms with van der Waals surface area (Å²) in [6.45, 7) is 1.86. The van der Waals surface area contributed by atoms with Gasteiger partial charge in [-0.25, -0.2) is 8.42 Å². The van der Waals surface area contributed by atoms with Crippen molar-refractivity contribution in [1.82, 2.24) is 9.71 Å². The fraction of sp³-hybridized carbons (Fsp3) is 0.240. The third-order valence-corrected chi connectivity index (χ3v) is 7.13. The number of carbonyl (C=O) groups is 1. The number of nitrogens with one attached hydrogen (secondary N) is 2. The van der Waals surface area contributed by atoms with Gasteiger partial charge in [0, 0.05) is 54.1 Å². The molecule has 4 rings (SSSR count). The monoisotopic (exact) mass is 465 g/mol. The summed E-state index contributed by atoms with van der Waals surface area (Å²) >= 11 is 0. The van der Waals surface area contributed by atoms with Gasteiger partial charge in [-0.2, -0.15) is 4.72 Å². The van der Waals surface area contributed by atoms with E-state index in [2.05, 4.69) is 9.71 Å². The summed E-state index contributed by atoms with van der Waals surface area (Å²) in [5, 5.41) is 2.34.